The van der Waals surface area contributed by atoms with Gasteiger partial charge in [-0.1, -0.05) is 0 Å². The summed E-state index contributed by atoms with van der Waals surface area (Å²) in [6.45, 7) is 6.82. The van der Waals surface area contributed by atoms with Crippen molar-refractivity contribution in [3.8, 4) is 12.3 Å². The van der Waals surface area contributed by atoms with Gasteiger partial charge in [0.25, 0.3) is 0 Å². The molecule has 1 aliphatic rings. The van der Waals surface area contributed by atoms with Gasteiger partial charge in [-0.3, -0.25) is 0 Å². The summed E-state index contributed by atoms with van der Waals surface area (Å²) in [5, 5.41) is 3.24. The van der Waals surface area contributed by atoms with E-state index < -0.39 is 0 Å². The van der Waals surface area contributed by atoms with Crippen LogP contribution in [-0.4, -0.2) is 56.9 Å². The minimum absolute atomic E-state index is 0.423. The lowest BCUT2D eigenvalue weighted by molar-refractivity contribution is 0.117. The summed E-state index contributed by atoms with van der Waals surface area (Å²) in [4.78, 5) is 2.48. The number of terminal acetylenes is 1. The molecule has 0 radical (unpaired) electrons. The van der Waals surface area contributed by atoms with Crippen LogP contribution in [-0.2, 0) is 4.74 Å². The Kier molecular flexibility index (Phi) is 8.87. The third-order valence-corrected chi connectivity index (χ3v) is 3.26. The van der Waals surface area contributed by atoms with Gasteiger partial charge in [-0.05, 0) is 32.4 Å². The largest absolute Gasteiger partial charge is 0.380 e. The van der Waals surface area contributed by atoms with E-state index in [1.165, 1.54) is 0 Å². The second-order valence-corrected chi connectivity index (χ2v) is 4.85. The van der Waals surface area contributed by atoms with Crippen molar-refractivity contribution in [1.29, 1.82) is 0 Å². The van der Waals surface area contributed by atoms with Crippen LogP contribution >= 0.6 is 0 Å². The second kappa shape index (κ2) is 10.3. The first-order chi connectivity index (χ1) is 8.83. The van der Waals surface area contributed by atoms with Crippen molar-refractivity contribution in [3.63, 3.8) is 0 Å². The first-order valence-electron chi connectivity index (χ1n) is 7.03. The third-order valence-electron chi connectivity index (χ3n) is 3.26. The first kappa shape index (κ1) is 15.5. The maximum atomic E-state index is 5.87. The highest BCUT2D eigenvalue weighted by Crippen LogP contribution is 2.08. The molecular formula is C14H27N3O. The van der Waals surface area contributed by atoms with Crippen molar-refractivity contribution in [3.05, 3.63) is 0 Å². The van der Waals surface area contributed by atoms with Crippen molar-refractivity contribution in [1.82, 2.24) is 10.2 Å². The number of rotatable bonds is 9. The molecule has 0 unspecified atom stereocenters. The van der Waals surface area contributed by atoms with E-state index in [-0.39, 0.29) is 0 Å². The van der Waals surface area contributed by atoms with Gasteiger partial charge in [0.15, 0.2) is 0 Å². The summed E-state index contributed by atoms with van der Waals surface area (Å²) in [7, 11) is 0. The molecule has 0 aromatic carbocycles. The molecular weight excluding hydrogens is 226 g/mol. The summed E-state index contributed by atoms with van der Waals surface area (Å²) < 4.78 is 5.56. The van der Waals surface area contributed by atoms with Crippen LogP contribution in [0.1, 0.15) is 25.7 Å². The van der Waals surface area contributed by atoms with Crippen molar-refractivity contribution < 1.29 is 4.74 Å². The SMILES string of the molecule is C#CCCNCCOCCCN1CCC(N)CC1. The lowest BCUT2D eigenvalue weighted by Crippen LogP contribution is -2.40. The highest BCUT2D eigenvalue weighted by molar-refractivity contribution is 4.83. The van der Waals surface area contributed by atoms with Gasteiger partial charge in [0.05, 0.1) is 6.61 Å². The molecule has 0 bridgehead atoms. The standard InChI is InChI=1S/C14H27N3O/c1-2-3-7-16-8-13-18-12-4-9-17-10-5-14(15)6-11-17/h1,14,16H,3-13,15H2. The summed E-state index contributed by atoms with van der Waals surface area (Å²) in [6.07, 6.45) is 9.33. The maximum absolute atomic E-state index is 5.87. The van der Waals surface area contributed by atoms with Crippen LogP contribution in [0.3, 0.4) is 0 Å². The van der Waals surface area contributed by atoms with Gasteiger partial charge in [-0.2, -0.15) is 0 Å². The molecule has 104 valence electrons. The number of nitrogens with one attached hydrogen (secondary N) is 1. The van der Waals surface area contributed by atoms with Gasteiger partial charge in [0.1, 0.15) is 0 Å². The fraction of sp³-hybridized carbons (Fsp3) is 0.857. The predicted molar refractivity (Wildman–Crippen MR) is 75.4 cm³/mol. The molecule has 0 saturated carbocycles. The van der Waals surface area contributed by atoms with Crippen LogP contribution < -0.4 is 11.1 Å². The van der Waals surface area contributed by atoms with Crippen LogP contribution in [0.2, 0.25) is 0 Å². The Morgan fingerprint density at radius 1 is 1.28 bits per heavy atom. The zero-order valence-corrected chi connectivity index (χ0v) is 11.4. The van der Waals surface area contributed by atoms with Crippen molar-refractivity contribution in [2.45, 2.75) is 31.7 Å². The van der Waals surface area contributed by atoms with E-state index in [9.17, 15) is 0 Å². The number of hydrogen-bond donors (Lipinski definition) is 2. The summed E-state index contributed by atoms with van der Waals surface area (Å²) in [6, 6.07) is 0.423. The van der Waals surface area contributed by atoms with E-state index in [4.69, 9.17) is 16.9 Å². The highest BCUT2D eigenvalue weighted by Gasteiger charge is 2.14. The fourth-order valence-corrected chi connectivity index (χ4v) is 2.10. The van der Waals surface area contributed by atoms with Gasteiger partial charge in [0, 0.05) is 38.7 Å². The van der Waals surface area contributed by atoms with Gasteiger partial charge < -0.3 is 20.7 Å². The van der Waals surface area contributed by atoms with Crippen LogP contribution in [0.4, 0.5) is 0 Å². The first-order valence-corrected chi connectivity index (χ1v) is 7.03. The van der Waals surface area contributed by atoms with E-state index in [0.717, 1.165) is 71.6 Å². The van der Waals surface area contributed by atoms with Crippen LogP contribution in [0.5, 0.6) is 0 Å². The average Bonchev–Trinajstić information content (AvgIpc) is 2.39. The zero-order valence-electron chi connectivity index (χ0n) is 11.4. The van der Waals surface area contributed by atoms with Gasteiger partial charge in [-0.15, -0.1) is 12.3 Å². The minimum atomic E-state index is 0.423. The van der Waals surface area contributed by atoms with Crippen molar-refractivity contribution in [2.75, 3.05) is 45.9 Å². The fourth-order valence-electron chi connectivity index (χ4n) is 2.10. The lowest BCUT2D eigenvalue weighted by Gasteiger charge is -2.29. The average molecular weight is 253 g/mol. The normalized spacial score (nSPS) is 17.8. The molecule has 4 nitrogen and oxygen atoms in total. The van der Waals surface area contributed by atoms with Crippen LogP contribution in [0, 0.1) is 12.3 Å². The van der Waals surface area contributed by atoms with Gasteiger partial charge >= 0.3 is 0 Å². The van der Waals surface area contributed by atoms with Crippen molar-refractivity contribution >= 4 is 0 Å². The number of nitrogens with zero attached hydrogens (tertiary/aromatic N) is 1. The number of nitrogens with two attached hydrogens (primary N) is 1. The van der Waals surface area contributed by atoms with Crippen LogP contribution in [0.15, 0.2) is 0 Å². The monoisotopic (exact) mass is 253 g/mol. The van der Waals surface area contributed by atoms with E-state index in [0.29, 0.717) is 6.04 Å². The summed E-state index contributed by atoms with van der Waals surface area (Å²) >= 11 is 0. The Bertz CT molecular complexity index is 232. The van der Waals surface area contributed by atoms with E-state index in [1.54, 1.807) is 0 Å². The second-order valence-electron chi connectivity index (χ2n) is 4.85. The minimum Gasteiger partial charge on any atom is -0.380 e. The third kappa shape index (κ3) is 7.67. The van der Waals surface area contributed by atoms with E-state index in [1.807, 2.05) is 0 Å². The molecule has 0 spiro atoms. The molecule has 1 fully saturated rings. The lowest BCUT2D eigenvalue weighted by atomic mass is 10.1. The van der Waals surface area contributed by atoms with E-state index >= 15 is 0 Å². The van der Waals surface area contributed by atoms with Crippen molar-refractivity contribution in [2.24, 2.45) is 5.73 Å². The molecule has 0 amide bonds. The van der Waals surface area contributed by atoms with E-state index in [2.05, 4.69) is 16.1 Å². The molecule has 4 heteroatoms. The highest BCUT2D eigenvalue weighted by atomic mass is 16.5. The number of likely N-dealkylation sites (tertiary alicyclic amines) is 1. The number of ether oxygens (including phenoxy) is 1. The molecule has 0 aromatic rings. The van der Waals surface area contributed by atoms with Gasteiger partial charge in [-0.25, -0.2) is 0 Å². The number of piperidine rings is 1. The quantitative estimate of drug-likeness (QED) is 0.462. The number of hydrogen-bond acceptors (Lipinski definition) is 4. The molecule has 3 N–H and O–H groups in total. The predicted octanol–water partition coefficient (Wildman–Crippen LogP) is 0.429. The molecule has 1 saturated heterocycles. The Labute approximate surface area is 111 Å². The Balaban J connectivity index is 1.80. The Morgan fingerprint density at radius 3 is 2.78 bits per heavy atom. The molecule has 0 aromatic heterocycles. The molecule has 1 aliphatic heterocycles. The smallest absolute Gasteiger partial charge is 0.0590 e. The maximum Gasteiger partial charge on any atom is 0.0590 e. The van der Waals surface area contributed by atoms with Crippen LogP contribution in [0.25, 0.3) is 0 Å². The Morgan fingerprint density at radius 2 is 2.06 bits per heavy atom. The molecule has 0 aliphatic carbocycles. The summed E-state index contributed by atoms with van der Waals surface area (Å²) in [5.74, 6) is 2.60. The Hall–Kier alpha value is -0.600. The zero-order chi connectivity index (χ0) is 13.1. The molecule has 1 rings (SSSR count). The topological polar surface area (TPSA) is 50.5 Å². The summed E-state index contributed by atoms with van der Waals surface area (Å²) in [5.41, 5.74) is 5.87. The molecule has 0 atom stereocenters. The van der Waals surface area contributed by atoms with Gasteiger partial charge in [0.2, 0.25) is 0 Å². The molecule has 1 heterocycles. The molecule has 18 heavy (non-hydrogen) atoms.